The van der Waals surface area contributed by atoms with E-state index >= 15 is 0 Å². The van der Waals surface area contributed by atoms with Gasteiger partial charge in [0.05, 0.1) is 53.8 Å². The molecule has 1 saturated heterocycles. The smallest absolute Gasteiger partial charge is 0.416 e. The van der Waals surface area contributed by atoms with Crippen molar-refractivity contribution >= 4 is 69.0 Å². The van der Waals surface area contributed by atoms with E-state index in [1.54, 1.807) is 40.7 Å². The van der Waals surface area contributed by atoms with Crippen molar-refractivity contribution in [2.24, 2.45) is 7.05 Å². The van der Waals surface area contributed by atoms with Crippen LogP contribution in [0, 0.1) is 0 Å². The van der Waals surface area contributed by atoms with Crippen molar-refractivity contribution in [3.05, 3.63) is 101 Å². The van der Waals surface area contributed by atoms with Gasteiger partial charge in [0.15, 0.2) is 5.65 Å². The van der Waals surface area contributed by atoms with Crippen molar-refractivity contribution in [1.29, 1.82) is 0 Å². The molecule has 2 aliphatic rings. The van der Waals surface area contributed by atoms with Gasteiger partial charge in [-0.05, 0) is 61.0 Å². The number of carbonyl (C=O) groups is 7. The van der Waals surface area contributed by atoms with E-state index in [1.807, 2.05) is 0 Å². The van der Waals surface area contributed by atoms with Crippen LogP contribution in [0.5, 0.6) is 0 Å². The summed E-state index contributed by atoms with van der Waals surface area (Å²) in [7, 11) is 1.72. The second kappa shape index (κ2) is 17.5. The van der Waals surface area contributed by atoms with Crippen molar-refractivity contribution in [3.63, 3.8) is 0 Å². The average Bonchev–Trinajstić information content (AvgIpc) is 3.83. The lowest BCUT2D eigenvalue weighted by atomic mass is 10.0. The quantitative estimate of drug-likeness (QED) is 0.0523. The van der Waals surface area contributed by atoms with E-state index in [0.29, 0.717) is 33.2 Å². The molecule has 7 amide bonds. The SMILES string of the molecule is Cn1cc2c3cc(C(=O)NCCNC(=O)C=COCCOCCC(=O)Nc4cccc5c4C(=O)N(C4CCC(=O)NC4=O)C5=O)ccc3n(-c3ccc(C(F)(F)F)cc3)c2n1. The Bertz CT molecular complexity index is 2620. The van der Waals surface area contributed by atoms with Gasteiger partial charge in [-0.3, -0.25) is 53.0 Å². The van der Waals surface area contributed by atoms with Crippen molar-refractivity contribution < 1.29 is 56.2 Å². The number of ether oxygens (including phenoxy) is 2. The molecule has 7 rings (SSSR count). The maximum Gasteiger partial charge on any atom is 0.416 e. The average molecular weight is 843 g/mol. The zero-order valence-corrected chi connectivity index (χ0v) is 32.3. The third-order valence-corrected chi connectivity index (χ3v) is 9.85. The molecule has 1 atom stereocenters. The van der Waals surface area contributed by atoms with Gasteiger partial charge in [0.25, 0.3) is 17.7 Å². The molecule has 0 aliphatic carbocycles. The van der Waals surface area contributed by atoms with Crippen LogP contribution < -0.4 is 21.3 Å². The highest BCUT2D eigenvalue weighted by Gasteiger charge is 2.45. The molecule has 1 unspecified atom stereocenters. The van der Waals surface area contributed by atoms with Crippen molar-refractivity contribution in [2.45, 2.75) is 31.5 Å². The molecule has 0 spiro atoms. The lowest BCUT2D eigenvalue weighted by molar-refractivity contribution is -0.138. The largest absolute Gasteiger partial charge is 0.499 e. The van der Waals surface area contributed by atoms with Gasteiger partial charge in [-0.25, -0.2) is 0 Å². The molecule has 3 aromatic carbocycles. The Morgan fingerprint density at radius 1 is 0.934 bits per heavy atom. The minimum absolute atomic E-state index is 0.00181. The Morgan fingerprint density at radius 2 is 1.70 bits per heavy atom. The Hall–Kier alpha value is -7.35. The van der Waals surface area contributed by atoms with Crippen LogP contribution in [0.25, 0.3) is 27.6 Å². The predicted octanol–water partition coefficient (Wildman–Crippen LogP) is 3.36. The standard InChI is InChI=1S/C41H37F3N8O9/c1-50-22-28-27-21-23(5-10-30(27)51(36(28)49-50)25-8-6-24(7-9-25)41(42,43)44)37(56)46-16-15-45-32(53)13-17-60-19-20-61-18-14-34(55)47-29-4-2-3-26-35(29)40(59)52(39(26)58)31-11-12-33(54)48-38(31)57/h2-10,13,17,21-22,31H,11-12,14-16,18-20H2,1H3,(H,45,53)(H,46,56)(H,47,55)(H,48,54,57). The minimum atomic E-state index is -4.47. The van der Waals surface area contributed by atoms with Gasteiger partial charge in [0.2, 0.25) is 23.6 Å². The highest BCUT2D eigenvalue weighted by Crippen LogP contribution is 2.35. The molecule has 4 N–H and O–H groups in total. The lowest BCUT2D eigenvalue weighted by Gasteiger charge is -2.27. The first-order valence-electron chi connectivity index (χ1n) is 18.9. The molecule has 2 aliphatic heterocycles. The number of aromatic nitrogens is 3. The number of halogens is 3. The number of fused-ring (bicyclic) bond motifs is 4. The normalized spacial score (nSPS) is 15.4. The number of imide groups is 2. The minimum Gasteiger partial charge on any atom is -0.499 e. The van der Waals surface area contributed by atoms with Crippen molar-refractivity contribution in [2.75, 3.05) is 38.2 Å². The van der Waals surface area contributed by atoms with E-state index in [4.69, 9.17) is 9.47 Å². The van der Waals surface area contributed by atoms with Crippen LogP contribution in [-0.2, 0) is 41.9 Å². The van der Waals surface area contributed by atoms with Crippen LogP contribution in [0.1, 0.15) is 55.9 Å². The summed E-state index contributed by atoms with van der Waals surface area (Å²) in [6, 6.07) is 13.0. The highest BCUT2D eigenvalue weighted by atomic mass is 19.4. The number of piperidine rings is 1. The summed E-state index contributed by atoms with van der Waals surface area (Å²) in [5, 5.41) is 16.0. The van der Waals surface area contributed by atoms with Crippen molar-refractivity contribution in [1.82, 2.24) is 35.2 Å². The topological polar surface area (TPSA) is 212 Å². The number of nitrogens with zero attached hydrogens (tertiary/aromatic N) is 4. The molecule has 316 valence electrons. The number of rotatable bonds is 15. The second-order valence-corrected chi connectivity index (χ2v) is 14.0. The van der Waals surface area contributed by atoms with E-state index in [0.717, 1.165) is 23.1 Å². The van der Waals surface area contributed by atoms with E-state index in [9.17, 15) is 46.7 Å². The summed E-state index contributed by atoms with van der Waals surface area (Å²) in [6.07, 6.45) is -0.511. The van der Waals surface area contributed by atoms with Gasteiger partial charge in [-0.2, -0.15) is 18.3 Å². The first-order valence-corrected chi connectivity index (χ1v) is 18.9. The van der Waals surface area contributed by atoms with Crippen LogP contribution in [0.15, 0.2) is 79.2 Å². The molecule has 0 radical (unpaired) electrons. The molecular weight excluding hydrogens is 805 g/mol. The van der Waals surface area contributed by atoms with Crippen LogP contribution in [0.2, 0.25) is 0 Å². The fourth-order valence-electron chi connectivity index (χ4n) is 7.00. The third kappa shape index (κ3) is 8.98. The number of aryl methyl sites for hydroxylation is 1. The van der Waals surface area contributed by atoms with E-state index in [2.05, 4.69) is 26.4 Å². The lowest BCUT2D eigenvalue weighted by Crippen LogP contribution is -2.54. The summed E-state index contributed by atoms with van der Waals surface area (Å²) < 4.78 is 53.5. The van der Waals surface area contributed by atoms with Gasteiger partial charge < -0.3 is 25.4 Å². The molecule has 2 aromatic heterocycles. The van der Waals surface area contributed by atoms with Gasteiger partial charge in [0.1, 0.15) is 12.6 Å². The fraction of sp³-hybridized carbons (Fsp3) is 0.268. The predicted molar refractivity (Wildman–Crippen MR) is 210 cm³/mol. The molecule has 1 fully saturated rings. The zero-order valence-electron chi connectivity index (χ0n) is 32.3. The number of nitrogens with one attached hydrogen (secondary N) is 4. The molecule has 5 aromatic rings. The number of benzene rings is 3. The van der Waals surface area contributed by atoms with E-state index < -0.39 is 59.1 Å². The Morgan fingerprint density at radius 3 is 2.46 bits per heavy atom. The first kappa shape index (κ1) is 41.8. The summed E-state index contributed by atoms with van der Waals surface area (Å²) >= 11 is 0. The number of anilines is 1. The van der Waals surface area contributed by atoms with E-state index in [1.165, 1.54) is 36.6 Å². The molecule has 17 nitrogen and oxygen atoms in total. The maximum absolute atomic E-state index is 13.2. The molecule has 0 saturated carbocycles. The number of amides is 7. The van der Waals surface area contributed by atoms with Gasteiger partial charge in [0, 0.05) is 60.9 Å². The Kier molecular flexibility index (Phi) is 12.0. The zero-order chi connectivity index (χ0) is 43.4. The van der Waals surface area contributed by atoms with Gasteiger partial charge in [-0.1, -0.05) is 6.07 Å². The summed E-state index contributed by atoms with van der Waals surface area (Å²) in [6.45, 7) is 0.345. The monoisotopic (exact) mass is 842 g/mol. The molecule has 20 heteroatoms. The molecule has 61 heavy (non-hydrogen) atoms. The van der Waals surface area contributed by atoms with E-state index in [-0.39, 0.29) is 69.0 Å². The number of hydrogen-bond donors (Lipinski definition) is 4. The fourth-order valence-corrected chi connectivity index (χ4v) is 7.00. The summed E-state index contributed by atoms with van der Waals surface area (Å²) in [4.78, 5) is 88.7. The number of hydrogen-bond acceptors (Lipinski definition) is 10. The Balaban J connectivity index is 0.802. The summed E-state index contributed by atoms with van der Waals surface area (Å²) in [5.74, 6) is -4.05. The van der Waals surface area contributed by atoms with Gasteiger partial charge >= 0.3 is 6.18 Å². The second-order valence-electron chi connectivity index (χ2n) is 14.0. The molecular formula is C41H37F3N8O9. The van der Waals surface area contributed by atoms with Crippen LogP contribution in [0.3, 0.4) is 0 Å². The maximum atomic E-state index is 13.2. The Labute approximate surface area is 343 Å². The van der Waals surface area contributed by atoms with Crippen molar-refractivity contribution in [3.8, 4) is 5.69 Å². The third-order valence-electron chi connectivity index (χ3n) is 9.85. The molecule has 4 heterocycles. The first-order chi connectivity index (χ1) is 29.2. The number of carbonyl (C=O) groups excluding carboxylic acids is 7. The van der Waals surface area contributed by atoms with Crippen LogP contribution >= 0.6 is 0 Å². The molecule has 0 bridgehead atoms. The van der Waals surface area contributed by atoms with Crippen LogP contribution in [0.4, 0.5) is 18.9 Å². The summed E-state index contributed by atoms with van der Waals surface area (Å²) in [5.41, 5.74) is 1.29. The van der Waals surface area contributed by atoms with Gasteiger partial charge in [-0.15, -0.1) is 0 Å². The van der Waals surface area contributed by atoms with Crippen LogP contribution in [-0.4, -0.2) is 99.5 Å². The number of alkyl halides is 3. The highest BCUT2D eigenvalue weighted by molar-refractivity contribution is 6.26.